The van der Waals surface area contributed by atoms with Crippen molar-refractivity contribution in [1.29, 1.82) is 0 Å². The lowest BCUT2D eigenvalue weighted by molar-refractivity contribution is -0.118. The Morgan fingerprint density at radius 1 is 1.06 bits per heavy atom. The van der Waals surface area contributed by atoms with Gasteiger partial charge in [0.1, 0.15) is 5.75 Å². The van der Waals surface area contributed by atoms with Crippen LogP contribution in [0, 0.1) is 0 Å². The number of para-hydroxylation sites is 1. The van der Waals surface area contributed by atoms with Crippen molar-refractivity contribution in [3.05, 3.63) is 88.9 Å². The molecule has 0 saturated carbocycles. The van der Waals surface area contributed by atoms with E-state index in [1.807, 2.05) is 90.4 Å². The molecule has 4 rings (SSSR count). The number of rotatable bonds is 9. The average Bonchev–Trinajstić information content (AvgIpc) is 3.29. The first-order chi connectivity index (χ1) is 16.6. The average molecular weight is 536 g/mol. The third-order valence-electron chi connectivity index (χ3n) is 4.68. The summed E-state index contributed by atoms with van der Waals surface area (Å²) in [4.78, 5) is 12.4. The van der Waals surface area contributed by atoms with E-state index in [2.05, 4.69) is 36.7 Å². The van der Waals surface area contributed by atoms with Crippen molar-refractivity contribution in [2.24, 2.45) is 5.10 Å². The fraction of sp³-hybridized carbons (Fsp3) is 0.120. The number of ether oxygens (including phenoxy) is 1. The van der Waals surface area contributed by atoms with Crippen LogP contribution in [0.4, 0.5) is 0 Å². The third-order valence-corrected chi connectivity index (χ3v) is 6.13. The molecule has 172 valence electrons. The lowest BCUT2D eigenvalue weighted by atomic mass is 10.2. The van der Waals surface area contributed by atoms with Crippen LogP contribution in [0.5, 0.6) is 5.75 Å². The van der Waals surface area contributed by atoms with Gasteiger partial charge in [-0.2, -0.15) is 5.10 Å². The summed E-state index contributed by atoms with van der Waals surface area (Å²) in [6.07, 6.45) is 1.59. The fourth-order valence-electron chi connectivity index (χ4n) is 3.12. The molecule has 1 amide bonds. The van der Waals surface area contributed by atoms with Gasteiger partial charge in [0, 0.05) is 15.7 Å². The smallest absolute Gasteiger partial charge is 0.250 e. The molecular weight excluding hydrogens is 514 g/mol. The van der Waals surface area contributed by atoms with E-state index in [1.165, 1.54) is 11.8 Å². The zero-order valence-corrected chi connectivity index (χ0v) is 20.8. The molecule has 1 heterocycles. The highest BCUT2D eigenvalue weighted by atomic mass is 79.9. The van der Waals surface area contributed by atoms with Crippen LogP contribution in [0.25, 0.3) is 17.1 Å². The Balaban J connectivity index is 1.44. The van der Waals surface area contributed by atoms with E-state index < -0.39 is 0 Å². The topological polar surface area (TPSA) is 81.4 Å². The largest absolute Gasteiger partial charge is 0.494 e. The van der Waals surface area contributed by atoms with Gasteiger partial charge in [-0.3, -0.25) is 9.36 Å². The molecule has 0 saturated heterocycles. The number of amides is 1. The molecule has 34 heavy (non-hydrogen) atoms. The molecule has 0 aliphatic rings. The summed E-state index contributed by atoms with van der Waals surface area (Å²) in [5.74, 6) is 1.41. The first kappa shape index (κ1) is 23.7. The van der Waals surface area contributed by atoms with Crippen LogP contribution < -0.4 is 10.2 Å². The second kappa shape index (κ2) is 11.6. The molecule has 1 N–H and O–H groups in total. The molecule has 7 nitrogen and oxygen atoms in total. The van der Waals surface area contributed by atoms with Crippen molar-refractivity contribution in [2.75, 3.05) is 12.4 Å². The number of carbonyl (C=O) groups excluding carboxylic acids is 1. The van der Waals surface area contributed by atoms with Gasteiger partial charge in [-0.15, -0.1) is 10.2 Å². The molecule has 0 aliphatic carbocycles. The fourth-order valence-corrected chi connectivity index (χ4v) is 4.13. The second-order valence-electron chi connectivity index (χ2n) is 7.07. The standard InChI is InChI=1S/C25H22BrN5O2S/c1-2-33-22-14-8-18(9-15-22)16-27-28-23(32)17-34-25-30-29-24(19-10-12-20(26)13-11-19)31(25)21-6-4-3-5-7-21/h3-16H,2,17H2,1H3,(H,28,32)/b27-16+. The van der Waals surface area contributed by atoms with E-state index in [4.69, 9.17) is 4.74 Å². The van der Waals surface area contributed by atoms with E-state index in [9.17, 15) is 4.79 Å². The lowest BCUT2D eigenvalue weighted by Crippen LogP contribution is -2.20. The van der Waals surface area contributed by atoms with Gasteiger partial charge in [0.25, 0.3) is 5.91 Å². The molecule has 0 bridgehead atoms. The van der Waals surface area contributed by atoms with Gasteiger partial charge in [0.15, 0.2) is 11.0 Å². The predicted octanol–water partition coefficient (Wildman–Crippen LogP) is 5.34. The van der Waals surface area contributed by atoms with Crippen LogP contribution in [-0.4, -0.2) is 39.2 Å². The number of hydrazone groups is 1. The summed E-state index contributed by atoms with van der Waals surface area (Å²) >= 11 is 4.76. The molecule has 0 unspecified atom stereocenters. The summed E-state index contributed by atoms with van der Waals surface area (Å²) in [5.41, 5.74) is 5.27. The van der Waals surface area contributed by atoms with Gasteiger partial charge in [0.2, 0.25) is 0 Å². The summed E-state index contributed by atoms with van der Waals surface area (Å²) in [6, 6.07) is 25.2. The summed E-state index contributed by atoms with van der Waals surface area (Å²) in [6.45, 7) is 2.55. The molecule has 0 radical (unpaired) electrons. The number of hydrogen-bond donors (Lipinski definition) is 1. The van der Waals surface area contributed by atoms with Crippen LogP contribution in [0.15, 0.2) is 93.6 Å². The van der Waals surface area contributed by atoms with Crippen molar-refractivity contribution >= 4 is 39.8 Å². The number of hydrogen-bond acceptors (Lipinski definition) is 6. The molecule has 1 aromatic heterocycles. The van der Waals surface area contributed by atoms with Crippen LogP contribution in [0.1, 0.15) is 12.5 Å². The zero-order valence-electron chi connectivity index (χ0n) is 18.4. The van der Waals surface area contributed by atoms with Crippen molar-refractivity contribution in [3.63, 3.8) is 0 Å². The maximum absolute atomic E-state index is 12.4. The molecule has 0 aliphatic heterocycles. The number of nitrogens with one attached hydrogen (secondary N) is 1. The van der Waals surface area contributed by atoms with Gasteiger partial charge in [-0.1, -0.05) is 58.0 Å². The minimum atomic E-state index is -0.236. The number of nitrogens with zero attached hydrogens (tertiary/aromatic N) is 4. The molecule has 9 heteroatoms. The molecule has 0 fully saturated rings. The Hall–Kier alpha value is -3.43. The van der Waals surface area contributed by atoms with Crippen LogP contribution in [0.2, 0.25) is 0 Å². The molecule has 0 spiro atoms. The van der Waals surface area contributed by atoms with Crippen molar-refractivity contribution in [2.45, 2.75) is 12.1 Å². The summed E-state index contributed by atoms with van der Waals surface area (Å²) in [7, 11) is 0. The maximum Gasteiger partial charge on any atom is 0.250 e. The maximum atomic E-state index is 12.4. The summed E-state index contributed by atoms with van der Waals surface area (Å²) in [5, 5.41) is 13.4. The minimum Gasteiger partial charge on any atom is -0.494 e. The zero-order chi connectivity index (χ0) is 23.8. The highest BCUT2D eigenvalue weighted by Gasteiger charge is 2.17. The van der Waals surface area contributed by atoms with E-state index in [-0.39, 0.29) is 11.7 Å². The monoisotopic (exact) mass is 535 g/mol. The highest BCUT2D eigenvalue weighted by molar-refractivity contribution is 9.10. The Morgan fingerprint density at radius 2 is 1.79 bits per heavy atom. The van der Waals surface area contributed by atoms with Crippen LogP contribution >= 0.6 is 27.7 Å². The van der Waals surface area contributed by atoms with Crippen molar-refractivity contribution < 1.29 is 9.53 Å². The number of halogens is 1. The molecule has 0 atom stereocenters. The SMILES string of the molecule is CCOc1ccc(/C=N/NC(=O)CSc2nnc(-c3ccc(Br)cc3)n2-c2ccccc2)cc1. The first-order valence-electron chi connectivity index (χ1n) is 10.6. The van der Waals surface area contributed by atoms with Gasteiger partial charge in [-0.25, -0.2) is 5.43 Å². The number of carbonyl (C=O) groups is 1. The van der Waals surface area contributed by atoms with Crippen molar-refractivity contribution in [1.82, 2.24) is 20.2 Å². The van der Waals surface area contributed by atoms with E-state index in [0.717, 1.165) is 27.0 Å². The van der Waals surface area contributed by atoms with Gasteiger partial charge >= 0.3 is 0 Å². The predicted molar refractivity (Wildman–Crippen MR) is 139 cm³/mol. The van der Waals surface area contributed by atoms with E-state index in [0.29, 0.717) is 17.6 Å². The molecular formula is C25H22BrN5O2S. The Morgan fingerprint density at radius 3 is 2.50 bits per heavy atom. The van der Waals surface area contributed by atoms with Crippen LogP contribution in [-0.2, 0) is 4.79 Å². The van der Waals surface area contributed by atoms with Gasteiger partial charge in [-0.05, 0) is 61.0 Å². The first-order valence-corrected chi connectivity index (χ1v) is 12.4. The van der Waals surface area contributed by atoms with Gasteiger partial charge in [0.05, 0.1) is 18.6 Å². The quantitative estimate of drug-likeness (QED) is 0.178. The second-order valence-corrected chi connectivity index (χ2v) is 8.93. The molecule has 4 aromatic rings. The van der Waals surface area contributed by atoms with Gasteiger partial charge < -0.3 is 4.74 Å². The third kappa shape index (κ3) is 6.12. The normalized spacial score (nSPS) is 11.0. The Kier molecular flexibility index (Phi) is 8.11. The lowest BCUT2D eigenvalue weighted by Gasteiger charge is -2.10. The minimum absolute atomic E-state index is 0.145. The van der Waals surface area contributed by atoms with E-state index >= 15 is 0 Å². The molecule has 3 aromatic carbocycles. The van der Waals surface area contributed by atoms with Crippen LogP contribution in [0.3, 0.4) is 0 Å². The number of benzene rings is 3. The number of thioether (sulfide) groups is 1. The van der Waals surface area contributed by atoms with E-state index in [1.54, 1.807) is 6.21 Å². The van der Waals surface area contributed by atoms with Crippen molar-refractivity contribution in [3.8, 4) is 22.8 Å². The highest BCUT2D eigenvalue weighted by Crippen LogP contribution is 2.28. The number of aromatic nitrogens is 3. The Bertz CT molecular complexity index is 1260. The Labute approximate surface area is 210 Å². The summed E-state index contributed by atoms with van der Waals surface area (Å²) < 4.78 is 8.36.